The number of ether oxygens (including phenoxy) is 1. The van der Waals surface area contributed by atoms with Gasteiger partial charge in [0.05, 0.1) is 12.2 Å². The third kappa shape index (κ3) is 5.25. The second-order valence-corrected chi connectivity index (χ2v) is 7.12. The van der Waals surface area contributed by atoms with E-state index in [0.717, 1.165) is 18.4 Å². The van der Waals surface area contributed by atoms with E-state index in [1.54, 1.807) is 0 Å². The van der Waals surface area contributed by atoms with Gasteiger partial charge in [0.15, 0.2) is 0 Å². The fourth-order valence-corrected chi connectivity index (χ4v) is 3.36. The molecule has 0 spiro atoms. The first-order chi connectivity index (χ1) is 13.2. The van der Waals surface area contributed by atoms with Gasteiger partial charge in [-0.3, -0.25) is 4.79 Å². The summed E-state index contributed by atoms with van der Waals surface area (Å²) in [6.45, 7) is 1.85. The molecular formula is C21H27N3O2S. The molecular weight excluding hydrogens is 358 g/mol. The summed E-state index contributed by atoms with van der Waals surface area (Å²) in [6, 6.07) is 16.0. The highest BCUT2D eigenvalue weighted by atomic mass is 32.1. The Bertz CT molecular complexity index is 754. The number of hydrogen-bond donors (Lipinski definition) is 4. The van der Waals surface area contributed by atoms with Crippen molar-refractivity contribution < 1.29 is 9.53 Å². The number of nitrogens with two attached hydrogens (primary N) is 1. The van der Waals surface area contributed by atoms with Gasteiger partial charge in [-0.1, -0.05) is 42.5 Å². The first kappa shape index (κ1) is 19.7. The Morgan fingerprint density at radius 3 is 2.81 bits per heavy atom. The van der Waals surface area contributed by atoms with Gasteiger partial charge in [0.25, 0.3) is 5.91 Å². The Morgan fingerprint density at radius 1 is 1.22 bits per heavy atom. The number of hydrogen-bond acceptors (Lipinski definition) is 5. The van der Waals surface area contributed by atoms with E-state index in [1.165, 1.54) is 5.56 Å². The van der Waals surface area contributed by atoms with Crippen LogP contribution in [0.15, 0.2) is 48.5 Å². The second-order valence-electron chi connectivity index (χ2n) is 6.76. The lowest BCUT2D eigenvalue weighted by atomic mass is 9.97. The highest BCUT2D eigenvalue weighted by molar-refractivity contribution is 7.80. The average molecular weight is 386 g/mol. The molecule has 0 aromatic heterocycles. The number of thiol groups is 1. The standard InChI is InChI=1S/C21H27N3O2S/c22-16(14-27)13-24-19-10-12-26-20-17(19)7-4-8-18(20)21(25)23-11-9-15-5-2-1-3-6-15/h1-8,16,19,24,27H,9-14,22H2,(H,23,25). The number of fused-ring (bicyclic) bond motifs is 1. The van der Waals surface area contributed by atoms with E-state index in [4.69, 9.17) is 10.5 Å². The van der Waals surface area contributed by atoms with Crippen LogP contribution in [0.5, 0.6) is 5.75 Å². The quantitative estimate of drug-likeness (QED) is 0.526. The molecule has 2 unspecified atom stereocenters. The van der Waals surface area contributed by atoms with Crippen LogP contribution in [0.25, 0.3) is 0 Å². The molecule has 1 aliphatic rings. The maximum Gasteiger partial charge on any atom is 0.255 e. The van der Waals surface area contributed by atoms with Crippen molar-refractivity contribution in [1.29, 1.82) is 0 Å². The number of carbonyl (C=O) groups is 1. The average Bonchev–Trinajstić information content (AvgIpc) is 2.72. The van der Waals surface area contributed by atoms with Crippen molar-refractivity contribution in [3.63, 3.8) is 0 Å². The van der Waals surface area contributed by atoms with Crippen molar-refractivity contribution in [2.75, 3.05) is 25.4 Å². The van der Waals surface area contributed by atoms with Crippen molar-refractivity contribution in [3.8, 4) is 5.75 Å². The van der Waals surface area contributed by atoms with E-state index >= 15 is 0 Å². The van der Waals surface area contributed by atoms with Gasteiger partial charge >= 0.3 is 0 Å². The van der Waals surface area contributed by atoms with Gasteiger partial charge < -0.3 is 21.1 Å². The molecule has 1 heterocycles. The van der Waals surface area contributed by atoms with Gasteiger partial charge in [0, 0.05) is 42.9 Å². The number of rotatable bonds is 8. The van der Waals surface area contributed by atoms with E-state index in [0.29, 0.717) is 36.8 Å². The molecule has 5 nitrogen and oxygen atoms in total. The topological polar surface area (TPSA) is 76.4 Å². The number of nitrogens with one attached hydrogen (secondary N) is 2. The molecule has 0 radical (unpaired) electrons. The van der Waals surface area contributed by atoms with Crippen molar-refractivity contribution in [2.45, 2.75) is 24.9 Å². The Labute approximate surface area is 166 Å². The maximum atomic E-state index is 12.7. The van der Waals surface area contributed by atoms with Gasteiger partial charge in [-0.25, -0.2) is 0 Å². The van der Waals surface area contributed by atoms with Crippen LogP contribution in [0, 0.1) is 0 Å². The summed E-state index contributed by atoms with van der Waals surface area (Å²) >= 11 is 4.23. The first-order valence-corrected chi connectivity index (χ1v) is 10.00. The zero-order valence-electron chi connectivity index (χ0n) is 15.4. The van der Waals surface area contributed by atoms with Gasteiger partial charge in [-0.05, 0) is 18.1 Å². The summed E-state index contributed by atoms with van der Waals surface area (Å²) in [6.07, 6.45) is 1.65. The SMILES string of the molecule is NC(CS)CNC1CCOc2c(C(=O)NCCc3ccccc3)cccc21. The van der Waals surface area contributed by atoms with Crippen LogP contribution in [0.1, 0.15) is 33.9 Å². The molecule has 2 aromatic carbocycles. The summed E-state index contributed by atoms with van der Waals surface area (Å²) in [4.78, 5) is 12.7. The summed E-state index contributed by atoms with van der Waals surface area (Å²) in [5.41, 5.74) is 8.76. The lowest BCUT2D eigenvalue weighted by molar-refractivity contribution is 0.0948. The van der Waals surface area contributed by atoms with Crippen molar-refractivity contribution >= 4 is 18.5 Å². The molecule has 144 valence electrons. The summed E-state index contributed by atoms with van der Waals surface area (Å²) in [5, 5.41) is 6.48. The molecule has 6 heteroatoms. The van der Waals surface area contributed by atoms with E-state index in [-0.39, 0.29) is 18.0 Å². The minimum absolute atomic E-state index is 0.00379. The largest absolute Gasteiger partial charge is 0.492 e. The molecule has 2 aromatic rings. The highest BCUT2D eigenvalue weighted by Gasteiger charge is 2.25. The molecule has 0 fully saturated rings. The lowest BCUT2D eigenvalue weighted by Crippen LogP contribution is -2.39. The predicted octanol–water partition coefficient (Wildman–Crippen LogP) is 2.33. The molecule has 0 bridgehead atoms. The predicted molar refractivity (Wildman–Crippen MR) is 112 cm³/mol. The van der Waals surface area contributed by atoms with Crippen LogP contribution in [0.4, 0.5) is 0 Å². The Balaban J connectivity index is 1.65. The molecule has 3 rings (SSSR count). The van der Waals surface area contributed by atoms with Crippen LogP contribution in [0.2, 0.25) is 0 Å². The molecule has 27 heavy (non-hydrogen) atoms. The van der Waals surface area contributed by atoms with Crippen LogP contribution >= 0.6 is 12.6 Å². The fraction of sp³-hybridized carbons (Fsp3) is 0.381. The number of amides is 1. The second kappa shape index (κ2) is 9.78. The Hall–Kier alpha value is -2.02. The molecule has 1 aliphatic heterocycles. The molecule has 0 aliphatic carbocycles. The van der Waals surface area contributed by atoms with E-state index < -0.39 is 0 Å². The molecule has 4 N–H and O–H groups in total. The summed E-state index contributed by atoms with van der Waals surface area (Å²) < 4.78 is 5.86. The highest BCUT2D eigenvalue weighted by Crippen LogP contribution is 2.34. The molecule has 0 saturated carbocycles. The normalized spacial score (nSPS) is 16.9. The van der Waals surface area contributed by atoms with Crippen molar-refractivity contribution in [2.24, 2.45) is 5.73 Å². The summed E-state index contributed by atoms with van der Waals surface area (Å²) in [5.74, 6) is 1.21. The Morgan fingerprint density at radius 2 is 2.04 bits per heavy atom. The maximum absolute atomic E-state index is 12.7. The molecule has 1 amide bonds. The monoisotopic (exact) mass is 385 g/mol. The lowest BCUT2D eigenvalue weighted by Gasteiger charge is -2.29. The minimum atomic E-state index is -0.101. The van der Waals surface area contributed by atoms with Crippen LogP contribution < -0.4 is 21.1 Å². The number of benzene rings is 2. The van der Waals surface area contributed by atoms with Gasteiger partial charge in [0.2, 0.25) is 0 Å². The van der Waals surface area contributed by atoms with E-state index in [2.05, 4.69) is 35.4 Å². The zero-order chi connectivity index (χ0) is 19.1. The Kier molecular flexibility index (Phi) is 7.15. The van der Waals surface area contributed by atoms with Crippen molar-refractivity contribution in [3.05, 3.63) is 65.2 Å². The van der Waals surface area contributed by atoms with Crippen molar-refractivity contribution in [1.82, 2.24) is 10.6 Å². The van der Waals surface area contributed by atoms with Gasteiger partial charge in [0.1, 0.15) is 5.75 Å². The number of carbonyl (C=O) groups excluding carboxylic acids is 1. The van der Waals surface area contributed by atoms with Gasteiger partial charge in [-0.2, -0.15) is 12.6 Å². The zero-order valence-corrected chi connectivity index (χ0v) is 16.3. The molecule has 2 atom stereocenters. The van der Waals surface area contributed by atoms with Crippen LogP contribution in [0.3, 0.4) is 0 Å². The minimum Gasteiger partial charge on any atom is -0.492 e. The first-order valence-electron chi connectivity index (χ1n) is 9.36. The molecule has 0 saturated heterocycles. The number of para-hydroxylation sites is 1. The smallest absolute Gasteiger partial charge is 0.255 e. The third-order valence-electron chi connectivity index (χ3n) is 4.72. The fourth-order valence-electron chi connectivity index (χ4n) is 3.23. The van der Waals surface area contributed by atoms with Crippen LogP contribution in [-0.2, 0) is 6.42 Å². The van der Waals surface area contributed by atoms with E-state index in [9.17, 15) is 4.79 Å². The third-order valence-corrected chi connectivity index (χ3v) is 5.19. The van der Waals surface area contributed by atoms with Crippen LogP contribution in [-0.4, -0.2) is 37.4 Å². The van der Waals surface area contributed by atoms with Gasteiger partial charge in [-0.15, -0.1) is 0 Å². The van der Waals surface area contributed by atoms with E-state index in [1.807, 2.05) is 36.4 Å². The summed E-state index contributed by atoms with van der Waals surface area (Å²) in [7, 11) is 0.